The number of aromatic nitrogens is 14. The van der Waals surface area contributed by atoms with E-state index in [0.29, 0.717) is 55.8 Å². The molecule has 0 spiro atoms. The van der Waals surface area contributed by atoms with Gasteiger partial charge >= 0.3 is 17.9 Å². The summed E-state index contributed by atoms with van der Waals surface area (Å²) in [7, 11) is 1.62. The van der Waals surface area contributed by atoms with Crippen LogP contribution in [0, 0.1) is 62.3 Å². The van der Waals surface area contributed by atoms with Gasteiger partial charge in [0, 0.05) is 92.5 Å². The number of H-pyrrole nitrogens is 1. The van der Waals surface area contributed by atoms with Crippen molar-refractivity contribution in [3.63, 3.8) is 0 Å². The quantitative estimate of drug-likeness (QED) is 0.0433. The lowest BCUT2D eigenvalue weighted by atomic mass is 9.99. The topological polar surface area (TPSA) is 330 Å². The molecule has 0 fully saturated rings. The molecule has 4 atom stereocenters. The molecule has 4 aliphatic rings. The van der Waals surface area contributed by atoms with Crippen LogP contribution >= 0.6 is 91.8 Å². The maximum absolute atomic E-state index is 12.8. The third-order valence-electron chi connectivity index (χ3n) is 20.7. The Morgan fingerprint density at radius 1 is 0.425 bits per heavy atom. The number of nitrogens with one attached hydrogen (secondary N) is 3. The number of carbonyl (C=O) groups excluding carboxylic acids is 4. The Labute approximate surface area is 771 Å². The van der Waals surface area contributed by atoms with Gasteiger partial charge in [0.15, 0.2) is 29.1 Å². The number of halogens is 4. The molecule has 17 rings (SSSR count). The van der Waals surface area contributed by atoms with Crippen molar-refractivity contribution in [2.24, 2.45) is 20.0 Å². The number of nitrogens with zero attached hydrogens (tertiary/aromatic N) is 17. The van der Waals surface area contributed by atoms with Gasteiger partial charge in [-0.2, -0.15) is 0 Å². The summed E-state index contributed by atoms with van der Waals surface area (Å²) >= 11 is 31.1. The van der Waals surface area contributed by atoms with Crippen LogP contribution in [0.1, 0.15) is 240 Å². The monoisotopic (exact) mass is 1860 g/mol. The molecule has 0 radical (unpaired) electrons. The minimum Gasteiger partial charge on any atom is -0.460 e. The average molecular weight is 1870 g/mol. The van der Waals surface area contributed by atoms with Gasteiger partial charge in [0.1, 0.15) is 85.1 Å². The van der Waals surface area contributed by atoms with Gasteiger partial charge in [-0.1, -0.05) is 94.9 Å². The van der Waals surface area contributed by atoms with Gasteiger partial charge in [-0.25, -0.2) is 10.4 Å². The smallest absolute Gasteiger partial charge is 0.308 e. The van der Waals surface area contributed by atoms with Gasteiger partial charge in [0.25, 0.3) is 0 Å². The van der Waals surface area contributed by atoms with E-state index >= 15 is 0 Å². The SMILES string of the molecule is COCc1nnc2n1-c1sc(C)c(C)c1C(c1ccc(Cl)cc1)=N[C@H]2CC(=O)OC(C)(C)C.Cc1nnc2n1-c1sccc1C(c1ccc(Cl)cc1)=N[C@H]2CC(=O)OC(C)(C)C.Cc1sc2c(c1C)C(c1ccc(Cl)cc1)=NC(CC(=O)OC(C)(C)C)c1nnc(C)n1-2.Cc1sc2c(c1C)C(c1ccc(Cl)cc1)=N[C@@H](CC(=O)NNCc1cnc[nH]1)c1nnc(C)n1-2. The highest BCUT2D eigenvalue weighted by Gasteiger charge is 2.39. The van der Waals surface area contributed by atoms with Crippen LogP contribution in [0.4, 0.5) is 0 Å². The van der Waals surface area contributed by atoms with Gasteiger partial charge in [-0.05, 0) is 201 Å². The first-order chi connectivity index (χ1) is 60.3. The minimum atomic E-state index is -0.592. The number of carbonyl (C=O) groups is 4. The van der Waals surface area contributed by atoms with E-state index in [0.717, 1.165) is 127 Å². The Morgan fingerprint density at radius 2 is 0.756 bits per heavy atom. The summed E-state index contributed by atoms with van der Waals surface area (Å²) in [6.45, 7) is 35.7. The van der Waals surface area contributed by atoms with E-state index in [2.05, 4.69) is 103 Å². The van der Waals surface area contributed by atoms with Crippen molar-refractivity contribution in [1.29, 1.82) is 0 Å². The fourth-order valence-corrected chi connectivity index (χ4v) is 19.8. The maximum Gasteiger partial charge on any atom is 0.308 e. The zero-order chi connectivity index (χ0) is 91.0. The van der Waals surface area contributed by atoms with Crippen LogP contribution in [0.25, 0.3) is 20.0 Å². The highest BCUT2D eigenvalue weighted by molar-refractivity contribution is 7.16. The number of ether oxygens (including phenoxy) is 4. The standard InChI is InChI=1S/C24H27ClN4O3S.C23H23ClN8OS.C23H25ClN4O2S.C21H21ClN4O2S/c1-13-14(2)33-23-20(13)21(15-7-9-16(25)10-8-15)26-17(11-19(30)32-24(3,4)5)22-28-27-18(12-31-6)29(22)23;1-12-13(2)34-23-20(12)21(15-4-6-16(24)7-5-15)28-18(22-31-29-14(3)32(22)23)8-19(33)30-27-10-17-9-25-11-26-17;1-12-13(2)31-22-19(12)20(15-7-9-16(24)10-8-15)25-17(11-18(29)30-23(4,5)6)21-27-26-14(3)28(21)22;1-12-24-25-19-16(11-17(27)28-21(2,3)4)23-18(13-5-7-14(22)8-6-13)15-9-10-29-20(15)26(12)19/h7-10,17H,11-12H2,1-6H3;4-7,9,11,18,27H,8,10H2,1-3H3,(H,25,26)(H,30,33);7-10,17H,11H2,1-6H3;5-10,16H,11H2,1-4H3/t17-;18-;;16-/m00.0/s1. The fraction of sp³-hybridized carbons (Fsp3) is 0.352. The lowest BCUT2D eigenvalue weighted by Gasteiger charge is -2.21. The molecule has 4 aromatic carbocycles. The second-order valence-electron chi connectivity index (χ2n) is 33.7. The molecule has 13 aromatic rings. The Morgan fingerprint density at radius 3 is 1.11 bits per heavy atom. The van der Waals surface area contributed by atoms with Crippen molar-refractivity contribution in [1.82, 2.24) is 79.9 Å². The molecule has 0 saturated heterocycles. The summed E-state index contributed by atoms with van der Waals surface area (Å²) in [6.07, 6.45) is 3.61. The molecular weight excluding hydrogens is 1770 g/mol. The Bertz CT molecular complexity index is 6410. The molecule has 1 amide bonds. The van der Waals surface area contributed by atoms with Crippen molar-refractivity contribution in [2.45, 2.75) is 204 Å². The number of aliphatic imine (C=N–C) groups is 4. The Kier molecular flexibility index (Phi) is 27.7. The zero-order valence-corrected chi connectivity index (χ0v) is 79.9. The molecule has 3 N–H and O–H groups in total. The molecule has 1 unspecified atom stereocenters. The number of fused-ring (bicyclic) bond motifs is 12. The Balaban J connectivity index is 0.000000137. The van der Waals surface area contributed by atoms with Gasteiger partial charge in [-0.3, -0.25) is 62.8 Å². The first-order valence-corrected chi connectivity index (χ1v) is 45.7. The minimum absolute atomic E-state index is 0.0481. The van der Waals surface area contributed by atoms with Crippen LogP contribution in [0.5, 0.6) is 0 Å². The third-order valence-corrected chi connectivity index (χ3v) is 26.2. The number of aryl methyl sites for hydroxylation is 6. The number of thiophene rings is 4. The number of rotatable bonds is 17. The van der Waals surface area contributed by atoms with Crippen LogP contribution < -0.4 is 10.9 Å². The summed E-state index contributed by atoms with van der Waals surface area (Å²) in [5.41, 5.74) is 19.3. The summed E-state index contributed by atoms with van der Waals surface area (Å²) in [4.78, 5) is 81.7. The highest BCUT2D eigenvalue weighted by atomic mass is 35.5. The Hall–Kier alpha value is -10.9. The number of imidazole rings is 1. The van der Waals surface area contributed by atoms with Crippen LogP contribution in [0.2, 0.25) is 20.1 Å². The third kappa shape index (κ3) is 20.8. The van der Waals surface area contributed by atoms with Crippen molar-refractivity contribution in [3.05, 3.63) is 269 Å². The molecule has 28 nitrogen and oxygen atoms in total. The summed E-state index contributed by atoms with van der Waals surface area (Å²) < 4.78 is 30.1. The van der Waals surface area contributed by atoms with Gasteiger partial charge in [-0.15, -0.1) is 86.1 Å². The van der Waals surface area contributed by atoms with E-state index < -0.39 is 41.0 Å². The number of esters is 3. The van der Waals surface area contributed by atoms with E-state index in [-0.39, 0.29) is 56.1 Å². The first kappa shape index (κ1) is 92.3. The summed E-state index contributed by atoms with van der Waals surface area (Å²) in [6, 6.07) is 30.3. The van der Waals surface area contributed by atoms with Crippen molar-refractivity contribution in [3.8, 4) is 20.0 Å². The largest absolute Gasteiger partial charge is 0.460 e. The maximum atomic E-state index is 12.8. The van der Waals surface area contributed by atoms with Gasteiger partial charge in [0.05, 0.1) is 67.1 Å². The number of hydrogen-bond donors (Lipinski definition) is 3. The summed E-state index contributed by atoms with van der Waals surface area (Å²) in [5.74, 6) is 4.29. The molecule has 127 heavy (non-hydrogen) atoms. The average Bonchev–Trinajstić information content (AvgIpc) is 1.63. The predicted octanol–water partition coefficient (Wildman–Crippen LogP) is 19.5. The predicted molar refractivity (Wildman–Crippen MR) is 499 cm³/mol. The van der Waals surface area contributed by atoms with E-state index in [4.69, 9.17) is 85.3 Å². The van der Waals surface area contributed by atoms with Crippen LogP contribution in [0.15, 0.2) is 141 Å². The molecular formula is C91H96Cl4N20O8S4. The van der Waals surface area contributed by atoms with E-state index in [1.165, 1.54) is 14.6 Å². The van der Waals surface area contributed by atoms with E-state index in [1.54, 1.807) is 65.0 Å². The zero-order valence-electron chi connectivity index (χ0n) is 73.6. The molecule has 13 heterocycles. The number of amides is 1. The number of hydrazine groups is 1. The second-order valence-corrected chi connectivity index (χ2v) is 39.9. The molecule has 0 saturated carbocycles. The fourth-order valence-electron chi connectivity index (χ4n) is 14.8. The highest BCUT2D eigenvalue weighted by Crippen LogP contribution is 2.45. The van der Waals surface area contributed by atoms with Crippen molar-refractivity contribution >= 4 is 138 Å². The van der Waals surface area contributed by atoms with Crippen molar-refractivity contribution in [2.75, 3.05) is 7.11 Å². The first-order valence-electron chi connectivity index (χ1n) is 40.9. The molecule has 0 bridgehead atoms. The lowest BCUT2D eigenvalue weighted by molar-refractivity contribution is -0.156. The van der Waals surface area contributed by atoms with Gasteiger partial charge in [0.2, 0.25) is 5.91 Å². The molecule has 36 heteroatoms. The number of benzene rings is 4. The molecule has 9 aromatic heterocycles. The van der Waals surface area contributed by atoms with Crippen LogP contribution in [-0.2, 0) is 51.3 Å². The molecule has 0 aliphatic carbocycles. The molecule has 660 valence electrons. The molecule has 4 aliphatic heterocycles. The summed E-state index contributed by atoms with van der Waals surface area (Å²) in [5, 5.41) is 43.5. The van der Waals surface area contributed by atoms with Crippen LogP contribution in [0.3, 0.4) is 0 Å². The van der Waals surface area contributed by atoms with Crippen LogP contribution in [-0.4, -0.2) is 140 Å². The second kappa shape index (κ2) is 38.2. The number of methoxy groups -OCH3 is 1. The van der Waals surface area contributed by atoms with E-state index in [1.807, 2.05) is 210 Å². The van der Waals surface area contributed by atoms with E-state index in [9.17, 15) is 19.2 Å². The number of hydrogen-bond acceptors (Lipinski definition) is 26. The van der Waals surface area contributed by atoms with Crippen molar-refractivity contribution < 1.29 is 38.1 Å². The normalized spacial score (nSPS) is 15.5. The van der Waals surface area contributed by atoms with Gasteiger partial charge < -0.3 is 23.9 Å². The number of aromatic amines is 1. The lowest BCUT2D eigenvalue weighted by Crippen LogP contribution is -2.37.